The lowest BCUT2D eigenvalue weighted by atomic mass is 10.1. The van der Waals surface area contributed by atoms with E-state index in [2.05, 4.69) is 24.4 Å². The molecule has 128 valence electrons. The fraction of sp³-hybridized carbons (Fsp3) is 0.529. The van der Waals surface area contributed by atoms with Crippen LogP contribution in [0.4, 0.5) is 0 Å². The number of benzene rings is 1. The van der Waals surface area contributed by atoms with E-state index in [-0.39, 0.29) is 5.91 Å². The zero-order chi connectivity index (χ0) is 17.4. The zero-order valence-corrected chi connectivity index (χ0v) is 14.7. The Morgan fingerprint density at radius 1 is 1.13 bits per heavy atom. The molecule has 0 radical (unpaired) electrons. The van der Waals surface area contributed by atoms with Crippen molar-refractivity contribution >= 4 is 11.6 Å². The van der Waals surface area contributed by atoms with Crippen LogP contribution in [0.2, 0.25) is 0 Å². The SMILES string of the molecule is COc1cc(C(=O)N/N=C(/C)CCC(C)C)cc(OC)c1OC. The van der Waals surface area contributed by atoms with Crippen molar-refractivity contribution in [3.8, 4) is 17.2 Å². The molecule has 0 aromatic heterocycles. The first-order valence-electron chi connectivity index (χ1n) is 7.56. The van der Waals surface area contributed by atoms with Crippen LogP contribution in [-0.4, -0.2) is 32.9 Å². The Bertz CT molecular complexity index is 543. The Morgan fingerprint density at radius 3 is 2.13 bits per heavy atom. The van der Waals surface area contributed by atoms with Gasteiger partial charge in [0.15, 0.2) is 11.5 Å². The van der Waals surface area contributed by atoms with Crippen molar-refractivity contribution in [1.82, 2.24) is 5.43 Å². The summed E-state index contributed by atoms with van der Waals surface area (Å²) >= 11 is 0. The molecule has 1 aromatic rings. The van der Waals surface area contributed by atoms with Crippen LogP contribution in [0, 0.1) is 5.92 Å². The molecule has 1 aromatic carbocycles. The highest BCUT2D eigenvalue weighted by Gasteiger charge is 2.16. The van der Waals surface area contributed by atoms with E-state index in [9.17, 15) is 4.79 Å². The molecule has 0 saturated heterocycles. The van der Waals surface area contributed by atoms with Crippen LogP contribution in [0.25, 0.3) is 0 Å². The zero-order valence-electron chi connectivity index (χ0n) is 14.7. The monoisotopic (exact) mass is 322 g/mol. The average Bonchev–Trinajstić information content (AvgIpc) is 2.56. The lowest BCUT2D eigenvalue weighted by Crippen LogP contribution is -2.19. The molecule has 6 heteroatoms. The Morgan fingerprint density at radius 2 is 1.70 bits per heavy atom. The van der Waals surface area contributed by atoms with Gasteiger partial charge in [-0.1, -0.05) is 13.8 Å². The summed E-state index contributed by atoms with van der Waals surface area (Å²) < 4.78 is 15.7. The molecule has 0 aliphatic carbocycles. The number of amides is 1. The van der Waals surface area contributed by atoms with Crippen molar-refractivity contribution in [2.45, 2.75) is 33.6 Å². The molecule has 0 heterocycles. The second-order valence-electron chi connectivity index (χ2n) is 5.63. The minimum atomic E-state index is -0.326. The van der Waals surface area contributed by atoms with Crippen LogP contribution in [-0.2, 0) is 0 Å². The third kappa shape index (κ3) is 5.47. The van der Waals surface area contributed by atoms with Crippen molar-refractivity contribution < 1.29 is 19.0 Å². The van der Waals surface area contributed by atoms with E-state index in [0.717, 1.165) is 18.6 Å². The number of nitrogens with zero attached hydrogens (tertiary/aromatic N) is 1. The molecule has 0 spiro atoms. The smallest absolute Gasteiger partial charge is 0.271 e. The van der Waals surface area contributed by atoms with Crippen molar-refractivity contribution in [2.24, 2.45) is 11.0 Å². The highest BCUT2D eigenvalue weighted by Crippen LogP contribution is 2.38. The van der Waals surface area contributed by atoms with Crippen LogP contribution < -0.4 is 19.6 Å². The minimum absolute atomic E-state index is 0.326. The number of hydrazone groups is 1. The van der Waals surface area contributed by atoms with Crippen LogP contribution in [0.1, 0.15) is 44.0 Å². The Labute approximate surface area is 137 Å². The first-order valence-corrected chi connectivity index (χ1v) is 7.56. The molecule has 0 atom stereocenters. The maximum Gasteiger partial charge on any atom is 0.271 e. The van der Waals surface area contributed by atoms with E-state index < -0.39 is 0 Å². The fourth-order valence-electron chi connectivity index (χ4n) is 1.98. The maximum atomic E-state index is 12.3. The lowest BCUT2D eigenvalue weighted by molar-refractivity contribution is 0.0954. The molecular weight excluding hydrogens is 296 g/mol. The molecule has 0 aliphatic heterocycles. The predicted molar refractivity (Wildman–Crippen MR) is 90.7 cm³/mol. The Kier molecular flexibility index (Phi) is 7.38. The first-order chi connectivity index (χ1) is 10.9. The van der Waals surface area contributed by atoms with Gasteiger partial charge in [-0.2, -0.15) is 5.10 Å². The van der Waals surface area contributed by atoms with Crippen molar-refractivity contribution in [1.29, 1.82) is 0 Å². The molecule has 0 unspecified atom stereocenters. The minimum Gasteiger partial charge on any atom is -0.493 e. The van der Waals surface area contributed by atoms with Gasteiger partial charge in [0.05, 0.1) is 21.3 Å². The number of nitrogens with one attached hydrogen (secondary N) is 1. The summed E-state index contributed by atoms with van der Waals surface area (Å²) in [5, 5.41) is 4.13. The number of hydrogen-bond acceptors (Lipinski definition) is 5. The molecule has 23 heavy (non-hydrogen) atoms. The van der Waals surface area contributed by atoms with Gasteiger partial charge in [0.2, 0.25) is 5.75 Å². The van der Waals surface area contributed by atoms with Gasteiger partial charge < -0.3 is 14.2 Å². The van der Waals surface area contributed by atoms with Gasteiger partial charge in [0.1, 0.15) is 0 Å². The maximum absolute atomic E-state index is 12.3. The third-order valence-corrected chi connectivity index (χ3v) is 3.36. The normalized spacial score (nSPS) is 11.3. The number of carbonyl (C=O) groups excluding carboxylic acids is 1. The second kappa shape index (κ2) is 9.02. The molecule has 1 amide bonds. The third-order valence-electron chi connectivity index (χ3n) is 3.36. The number of hydrogen-bond donors (Lipinski definition) is 1. The largest absolute Gasteiger partial charge is 0.493 e. The number of rotatable bonds is 8. The summed E-state index contributed by atoms with van der Waals surface area (Å²) in [4.78, 5) is 12.3. The lowest BCUT2D eigenvalue weighted by Gasteiger charge is -2.13. The topological polar surface area (TPSA) is 69.2 Å². The standard InChI is InChI=1S/C17H26N2O4/c1-11(2)7-8-12(3)18-19-17(20)13-9-14(21-4)16(23-6)15(10-13)22-5/h9-11H,7-8H2,1-6H3,(H,19,20)/b18-12-. The van der Waals surface area contributed by atoms with Gasteiger partial charge in [0.25, 0.3) is 5.91 Å². The van der Waals surface area contributed by atoms with E-state index in [0.29, 0.717) is 28.7 Å². The molecular formula is C17H26N2O4. The van der Waals surface area contributed by atoms with E-state index in [1.165, 1.54) is 21.3 Å². The van der Waals surface area contributed by atoms with Gasteiger partial charge in [-0.3, -0.25) is 4.79 Å². The molecule has 1 rings (SSSR count). The fourth-order valence-corrected chi connectivity index (χ4v) is 1.98. The molecule has 0 fully saturated rings. The van der Waals surface area contributed by atoms with E-state index in [4.69, 9.17) is 14.2 Å². The molecule has 0 bridgehead atoms. The summed E-state index contributed by atoms with van der Waals surface area (Å²) in [7, 11) is 4.53. The first kappa shape index (κ1) is 18.8. The summed E-state index contributed by atoms with van der Waals surface area (Å²) in [5.41, 5.74) is 3.84. The van der Waals surface area contributed by atoms with Crippen LogP contribution in [0.15, 0.2) is 17.2 Å². The second-order valence-corrected chi connectivity index (χ2v) is 5.63. The summed E-state index contributed by atoms with van der Waals surface area (Å²) in [6.45, 7) is 6.21. The van der Waals surface area contributed by atoms with E-state index >= 15 is 0 Å². The van der Waals surface area contributed by atoms with Crippen molar-refractivity contribution in [2.75, 3.05) is 21.3 Å². The summed E-state index contributed by atoms with van der Waals surface area (Å²) in [5.74, 6) is 1.58. The highest BCUT2D eigenvalue weighted by atomic mass is 16.5. The molecule has 6 nitrogen and oxygen atoms in total. The van der Waals surface area contributed by atoms with Crippen molar-refractivity contribution in [3.63, 3.8) is 0 Å². The van der Waals surface area contributed by atoms with Gasteiger partial charge >= 0.3 is 0 Å². The average molecular weight is 322 g/mol. The Balaban J connectivity index is 2.89. The van der Waals surface area contributed by atoms with Crippen LogP contribution in [0.3, 0.4) is 0 Å². The summed E-state index contributed by atoms with van der Waals surface area (Å²) in [6, 6.07) is 3.19. The molecule has 1 N–H and O–H groups in total. The van der Waals surface area contributed by atoms with Gasteiger partial charge in [0, 0.05) is 11.3 Å². The van der Waals surface area contributed by atoms with Crippen LogP contribution in [0.5, 0.6) is 17.2 Å². The number of carbonyl (C=O) groups is 1. The van der Waals surface area contributed by atoms with Gasteiger partial charge in [-0.05, 0) is 37.8 Å². The van der Waals surface area contributed by atoms with E-state index in [1.54, 1.807) is 12.1 Å². The molecule has 0 saturated carbocycles. The predicted octanol–water partition coefficient (Wildman–Crippen LogP) is 3.25. The quantitative estimate of drug-likeness (QED) is 0.589. The van der Waals surface area contributed by atoms with Gasteiger partial charge in [-0.15, -0.1) is 0 Å². The van der Waals surface area contributed by atoms with E-state index in [1.807, 2.05) is 6.92 Å². The highest BCUT2D eigenvalue weighted by molar-refractivity contribution is 5.96. The van der Waals surface area contributed by atoms with Gasteiger partial charge in [-0.25, -0.2) is 5.43 Å². The summed E-state index contributed by atoms with van der Waals surface area (Å²) in [6.07, 6.45) is 1.89. The van der Waals surface area contributed by atoms with Crippen LogP contribution >= 0.6 is 0 Å². The van der Waals surface area contributed by atoms with Crippen molar-refractivity contribution in [3.05, 3.63) is 17.7 Å². The number of methoxy groups -OCH3 is 3. The number of ether oxygens (including phenoxy) is 3. The molecule has 0 aliphatic rings. The Hall–Kier alpha value is -2.24.